The number of nitrogens with one attached hydrogen (secondary N) is 2. The summed E-state index contributed by atoms with van der Waals surface area (Å²) in [5.41, 5.74) is 0.534. The summed E-state index contributed by atoms with van der Waals surface area (Å²) in [6.07, 6.45) is 1.91. The van der Waals surface area contributed by atoms with Gasteiger partial charge < -0.3 is 4.98 Å². The van der Waals surface area contributed by atoms with Crippen molar-refractivity contribution in [3.05, 3.63) is 82.6 Å². The van der Waals surface area contributed by atoms with Crippen molar-refractivity contribution >= 4 is 44.1 Å². The van der Waals surface area contributed by atoms with E-state index in [1.807, 2.05) is 12.1 Å². The Bertz CT molecular complexity index is 1470. The van der Waals surface area contributed by atoms with E-state index in [2.05, 4.69) is 14.7 Å². The number of carbonyl (C=O) groups is 1. The van der Waals surface area contributed by atoms with Crippen LogP contribution in [0.15, 0.2) is 54.7 Å². The molecule has 0 aliphatic carbocycles. The number of carbonyl (C=O) groups excluding carboxylic acids is 1. The highest BCUT2D eigenvalue weighted by Gasteiger charge is 2.25. The standard InChI is InChI=1S/C23H18ClF2N3O3S/c1-2-9-33(31,32)29-18-8-7-17(25)20(21(18)26)22(30)19-11-14-10-15(12-27-23(14)28-19)13-3-5-16(24)6-4-13/h3-8,10-12,29H,2,9H2,1H3,(H,27,28). The second-order valence-corrected chi connectivity index (χ2v) is 9.66. The van der Waals surface area contributed by atoms with E-state index in [0.717, 1.165) is 23.3 Å². The highest BCUT2D eigenvalue weighted by Crippen LogP contribution is 2.28. The third-order valence-corrected chi connectivity index (χ3v) is 6.68. The van der Waals surface area contributed by atoms with Crippen LogP contribution in [0.25, 0.3) is 22.2 Å². The summed E-state index contributed by atoms with van der Waals surface area (Å²) in [6.45, 7) is 1.65. The third kappa shape index (κ3) is 4.74. The summed E-state index contributed by atoms with van der Waals surface area (Å²) in [4.78, 5) is 20.0. The molecule has 0 saturated heterocycles. The molecule has 0 saturated carbocycles. The number of aromatic amines is 1. The Balaban J connectivity index is 1.71. The van der Waals surface area contributed by atoms with Crippen LogP contribution in [0.2, 0.25) is 5.02 Å². The van der Waals surface area contributed by atoms with Crippen LogP contribution in [0.3, 0.4) is 0 Å². The molecule has 0 radical (unpaired) electrons. The molecular formula is C23H18ClF2N3O3S. The van der Waals surface area contributed by atoms with Gasteiger partial charge in [0.1, 0.15) is 11.5 Å². The quantitative estimate of drug-likeness (QED) is 0.333. The average Bonchev–Trinajstić information content (AvgIpc) is 3.20. The molecule has 2 heterocycles. The monoisotopic (exact) mass is 489 g/mol. The molecule has 10 heteroatoms. The predicted octanol–water partition coefficient (Wildman–Crippen LogP) is 5.54. The maximum Gasteiger partial charge on any atom is 0.232 e. The fourth-order valence-electron chi connectivity index (χ4n) is 3.40. The van der Waals surface area contributed by atoms with Gasteiger partial charge in [-0.05, 0) is 48.4 Å². The first-order valence-electron chi connectivity index (χ1n) is 9.96. The zero-order valence-electron chi connectivity index (χ0n) is 17.3. The Hall–Kier alpha value is -3.30. The van der Waals surface area contributed by atoms with Gasteiger partial charge in [-0.25, -0.2) is 22.2 Å². The lowest BCUT2D eigenvalue weighted by atomic mass is 10.0. The molecule has 6 nitrogen and oxygen atoms in total. The average molecular weight is 490 g/mol. The van der Waals surface area contributed by atoms with Crippen LogP contribution in [0.4, 0.5) is 14.5 Å². The molecule has 2 aromatic heterocycles. The van der Waals surface area contributed by atoms with Crippen LogP contribution in [-0.2, 0) is 10.0 Å². The molecule has 0 aliphatic heterocycles. The number of hydrogen-bond donors (Lipinski definition) is 2. The number of aromatic nitrogens is 2. The van der Waals surface area contributed by atoms with Crippen LogP contribution in [0, 0.1) is 11.6 Å². The van der Waals surface area contributed by atoms with Gasteiger partial charge in [0, 0.05) is 22.2 Å². The number of fused-ring (bicyclic) bond motifs is 1. The number of hydrogen-bond acceptors (Lipinski definition) is 4. The highest BCUT2D eigenvalue weighted by atomic mass is 35.5. The van der Waals surface area contributed by atoms with Gasteiger partial charge in [0.2, 0.25) is 15.8 Å². The third-order valence-electron chi connectivity index (χ3n) is 4.95. The number of halogens is 3. The van der Waals surface area contributed by atoms with E-state index in [4.69, 9.17) is 11.6 Å². The summed E-state index contributed by atoms with van der Waals surface area (Å²) in [6, 6.07) is 12.1. The zero-order valence-corrected chi connectivity index (χ0v) is 18.9. The molecular weight excluding hydrogens is 472 g/mol. The van der Waals surface area contributed by atoms with Crippen molar-refractivity contribution in [1.29, 1.82) is 0 Å². The van der Waals surface area contributed by atoms with Crippen LogP contribution in [0.1, 0.15) is 29.4 Å². The summed E-state index contributed by atoms with van der Waals surface area (Å²) >= 11 is 5.92. The van der Waals surface area contributed by atoms with Gasteiger partial charge in [-0.1, -0.05) is 30.7 Å². The van der Waals surface area contributed by atoms with Gasteiger partial charge in [0.25, 0.3) is 0 Å². The van der Waals surface area contributed by atoms with Crippen molar-refractivity contribution < 1.29 is 22.0 Å². The zero-order chi connectivity index (χ0) is 23.8. The first-order valence-corrected chi connectivity index (χ1v) is 12.0. The molecule has 2 aromatic carbocycles. The maximum atomic E-state index is 15.0. The highest BCUT2D eigenvalue weighted by molar-refractivity contribution is 7.92. The number of pyridine rings is 1. The van der Waals surface area contributed by atoms with Crippen molar-refractivity contribution in [3.63, 3.8) is 0 Å². The van der Waals surface area contributed by atoms with Crippen LogP contribution < -0.4 is 4.72 Å². The number of ketones is 1. The first kappa shape index (κ1) is 22.9. The van der Waals surface area contributed by atoms with Crippen molar-refractivity contribution in [2.45, 2.75) is 13.3 Å². The predicted molar refractivity (Wildman–Crippen MR) is 124 cm³/mol. The fraction of sp³-hybridized carbons (Fsp3) is 0.130. The van der Waals surface area contributed by atoms with Gasteiger partial charge in [-0.2, -0.15) is 0 Å². The largest absolute Gasteiger partial charge is 0.337 e. The van der Waals surface area contributed by atoms with Gasteiger partial charge in [0.05, 0.1) is 22.7 Å². The lowest BCUT2D eigenvalue weighted by molar-refractivity contribution is 0.102. The summed E-state index contributed by atoms with van der Waals surface area (Å²) in [5.74, 6) is -3.60. The minimum absolute atomic E-state index is 0.0860. The summed E-state index contributed by atoms with van der Waals surface area (Å²) in [5, 5.41) is 1.15. The molecule has 4 rings (SSSR count). The molecule has 2 N–H and O–H groups in total. The number of sulfonamides is 1. The van der Waals surface area contributed by atoms with Crippen molar-refractivity contribution in [2.75, 3.05) is 10.5 Å². The second kappa shape index (κ2) is 8.92. The van der Waals surface area contributed by atoms with E-state index in [-0.39, 0.29) is 11.4 Å². The maximum absolute atomic E-state index is 15.0. The number of nitrogens with zero attached hydrogens (tertiary/aromatic N) is 1. The SMILES string of the molecule is CCCS(=O)(=O)Nc1ccc(F)c(C(=O)c2cc3cc(-c4ccc(Cl)cc4)cnc3[nH]2)c1F. The minimum Gasteiger partial charge on any atom is -0.337 e. The van der Waals surface area contributed by atoms with Crippen LogP contribution in [0.5, 0.6) is 0 Å². The Morgan fingerprint density at radius 2 is 1.82 bits per heavy atom. The number of rotatable bonds is 7. The first-order chi connectivity index (χ1) is 15.7. The lowest BCUT2D eigenvalue weighted by Crippen LogP contribution is -2.18. The van der Waals surface area contributed by atoms with Gasteiger partial charge in [-0.15, -0.1) is 0 Å². The Labute approximate surface area is 193 Å². The normalized spacial score (nSPS) is 11.6. The summed E-state index contributed by atoms with van der Waals surface area (Å²) < 4.78 is 55.5. The number of anilines is 1. The van der Waals surface area contributed by atoms with E-state index in [1.54, 1.807) is 31.3 Å². The molecule has 33 heavy (non-hydrogen) atoms. The molecule has 170 valence electrons. The minimum atomic E-state index is -3.83. The molecule has 0 spiro atoms. The van der Waals surface area contributed by atoms with Gasteiger partial charge in [0.15, 0.2) is 5.82 Å². The van der Waals surface area contributed by atoms with Crippen molar-refractivity contribution in [1.82, 2.24) is 9.97 Å². The van der Waals surface area contributed by atoms with Gasteiger partial charge in [-0.3, -0.25) is 9.52 Å². The second-order valence-electron chi connectivity index (χ2n) is 7.39. The van der Waals surface area contributed by atoms with E-state index in [1.165, 1.54) is 6.07 Å². The lowest BCUT2D eigenvalue weighted by Gasteiger charge is -2.11. The molecule has 0 fully saturated rings. The number of H-pyrrole nitrogens is 1. The molecule has 0 bridgehead atoms. The molecule has 4 aromatic rings. The van der Waals surface area contributed by atoms with E-state index in [0.29, 0.717) is 22.5 Å². The van der Waals surface area contributed by atoms with Gasteiger partial charge >= 0.3 is 0 Å². The smallest absolute Gasteiger partial charge is 0.232 e. The van der Waals surface area contributed by atoms with Crippen molar-refractivity contribution in [3.8, 4) is 11.1 Å². The molecule has 0 amide bonds. The Morgan fingerprint density at radius 3 is 2.52 bits per heavy atom. The van der Waals surface area contributed by atoms with Crippen LogP contribution >= 0.6 is 11.6 Å². The molecule has 0 aliphatic rings. The fourth-order valence-corrected chi connectivity index (χ4v) is 4.66. The summed E-state index contributed by atoms with van der Waals surface area (Å²) in [7, 11) is -3.83. The van der Waals surface area contributed by atoms with E-state index < -0.39 is 38.7 Å². The van der Waals surface area contributed by atoms with E-state index in [9.17, 15) is 22.0 Å². The Morgan fingerprint density at radius 1 is 1.09 bits per heavy atom. The van der Waals surface area contributed by atoms with Crippen molar-refractivity contribution in [2.24, 2.45) is 0 Å². The molecule has 0 unspecified atom stereocenters. The molecule has 0 atom stereocenters. The van der Waals surface area contributed by atoms with E-state index >= 15 is 0 Å². The van der Waals surface area contributed by atoms with Crippen LogP contribution in [-0.4, -0.2) is 29.9 Å². The Kier molecular flexibility index (Phi) is 6.18. The topological polar surface area (TPSA) is 91.9 Å². The number of benzene rings is 2.